The number of nitro groups is 1. The van der Waals surface area contributed by atoms with Crippen LogP contribution in [0.2, 0.25) is 0 Å². The van der Waals surface area contributed by atoms with Crippen LogP contribution in [0.15, 0.2) is 28.7 Å². The van der Waals surface area contributed by atoms with Crippen molar-refractivity contribution in [3.63, 3.8) is 0 Å². The fourth-order valence-corrected chi connectivity index (χ4v) is 1.45. The summed E-state index contributed by atoms with van der Waals surface area (Å²) in [6.07, 6.45) is 3.41. The quantitative estimate of drug-likeness (QED) is 0.361. The molecule has 72 valence electrons. The van der Waals surface area contributed by atoms with Gasteiger partial charge in [0.15, 0.2) is 0 Å². The molecule has 0 aromatic heterocycles. The van der Waals surface area contributed by atoms with Gasteiger partial charge in [0, 0.05) is 16.6 Å². The molecule has 0 saturated carbocycles. The van der Waals surface area contributed by atoms with Crippen LogP contribution in [-0.4, -0.2) is 11.2 Å². The van der Waals surface area contributed by atoms with E-state index in [1.165, 1.54) is 24.3 Å². The molecule has 0 bridgehead atoms. The van der Waals surface area contributed by atoms with Crippen molar-refractivity contribution in [2.24, 2.45) is 0 Å². The topological polar surface area (TPSA) is 60.2 Å². The van der Waals surface area contributed by atoms with Gasteiger partial charge in [0.2, 0.25) is 0 Å². The first-order valence-electron chi connectivity index (χ1n) is 3.70. The summed E-state index contributed by atoms with van der Waals surface area (Å²) in [7, 11) is 0. The van der Waals surface area contributed by atoms with Gasteiger partial charge in [-0.15, -0.1) is 0 Å². The van der Waals surface area contributed by atoms with Gasteiger partial charge in [-0.05, 0) is 17.7 Å². The molecule has 14 heavy (non-hydrogen) atoms. The predicted molar refractivity (Wildman–Crippen MR) is 55.9 cm³/mol. The number of allylic oxidation sites excluding steroid dienone is 1. The van der Waals surface area contributed by atoms with Crippen molar-refractivity contribution in [2.75, 3.05) is 0 Å². The molecular formula is C9H6BrNO3. The number of aldehydes is 1. The summed E-state index contributed by atoms with van der Waals surface area (Å²) in [6, 6.07) is 4.48. The highest BCUT2D eigenvalue weighted by molar-refractivity contribution is 9.10. The van der Waals surface area contributed by atoms with Crippen molar-refractivity contribution in [1.29, 1.82) is 0 Å². The number of hydrogen-bond acceptors (Lipinski definition) is 3. The average molecular weight is 256 g/mol. The van der Waals surface area contributed by atoms with Crippen molar-refractivity contribution >= 4 is 34.0 Å². The largest absolute Gasteiger partial charge is 0.299 e. The molecule has 0 fully saturated rings. The Kier molecular flexibility index (Phi) is 3.53. The molecule has 1 rings (SSSR count). The molecular weight excluding hydrogens is 250 g/mol. The Balaban J connectivity index is 3.13. The minimum Gasteiger partial charge on any atom is -0.299 e. The Labute approximate surface area is 88.5 Å². The minimum atomic E-state index is -0.483. The molecule has 0 amide bonds. The van der Waals surface area contributed by atoms with E-state index in [4.69, 9.17) is 0 Å². The zero-order chi connectivity index (χ0) is 10.6. The zero-order valence-electron chi connectivity index (χ0n) is 7.01. The third-order valence-electron chi connectivity index (χ3n) is 1.48. The molecule has 0 aliphatic heterocycles. The number of non-ortho nitro benzene ring substituents is 1. The van der Waals surface area contributed by atoms with Gasteiger partial charge in [0.05, 0.1) is 4.92 Å². The fraction of sp³-hybridized carbons (Fsp3) is 0. The predicted octanol–water partition coefficient (Wildman–Crippen LogP) is 2.57. The summed E-state index contributed by atoms with van der Waals surface area (Å²) in [5.74, 6) is 0. The Morgan fingerprint density at radius 1 is 1.36 bits per heavy atom. The third kappa shape index (κ3) is 2.77. The first-order chi connectivity index (χ1) is 6.63. The second-order valence-corrected chi connectivity index (χ2v) is 3.41. The highest BCUT2D eigenvalue weighted by atomic mass is 79.9. The molecule has 0 aliphatic carbocycles. The van der Waals surface area contributed by atoms with E-state index in [-0.39, 0.29) is 5.69 Å². The number of nitro benzene ring substituents is 1. The van der Waals surface area contributed by atoms with Crippen LogP contribution in [0, 0.1) is 10.1 Å². The van der Waals surface area contributed by atoms with Gasteiger partial charge in [-0.1, -0.05) is 22.0 Å². The lowest BCUT2D eigenvalue weighted by Crippen LogP contribution is -1.88. The van der Waals surface area contributed by atoms with E-state index in [2.05, 4.69) is 15.9 Å². The minimum absolute atomic E-state index is 0.00933. The molecule has 5 heteroatoms. The Morgan fingerprint density at radius 3 is 2.64 bits per heavy atom. The van der Waals surface area contributed by atoms with Crippen LogP contribution in [0.3, 0.4) is 0 Å². The third-order valence-corrected chi connectivity index (χ3v) is 1.94. The lowest BCUT2D eigenvalue weighted by molar-refractivity contribution is -0.384. The molecule has 0 N–H and O–H groups in total. The first kappa shape index (κ1) is 10.6. The number of rotatable bonds is 3. The van der Waals surface area contributed by atoms with E-state index in [9.17, 15) is 14.9 Å². The Hall–Kier alpha value is -1.49. The molecule has 0 saturated heterocycles. The molecule has 1 aromatic carbocycles. The van der Waals surface area contributed by atoms with E-state index >= 15 is 0 Å². The monoisotopic (exact) mass is 255 g/mol. The van der Waals surface area contributed by atoms with E-state index in [0.29, 0.717) is 16.3 Å². The van der Waals surface area contributed by atoms with E-state index in [1.807, 2.05) is 0 Å². The molecule has 0 spiro atoms. The van der Waals surface area contributed by atoms with Crippen molar-refractivity contribution in [1.82, 2.24) is 0 Å². The highest BCUT2D eigenvalue weighted by Gasteiger charge is 2.06. The molecule has 0 radical (unpaired) electrons. The van der Waals surface area contributed by atoms with Gasteiger partial charge in [0.1, 0.15) is 6.29 Å². The standard InChI is InChI=1S/C9H6BrNO3/c10-8-4-7(2-1-3-12)5-9(6-8)11(13)14/h1-6H/b2-1+. The summed E-state index contributed by atoms with van der Waals surface area (Å²) in [6.45, 7) is 0. The summed E-state index contributed by atoms with van der Waals surface area (Å²) < 4.78 is 0.609. The summed E-state index contributed by atoms with van der Waals surface area (Å²) in [4.78, 5) is 20.0. The van der Waals surface area contributed by atoms with Gasteiger partial charge in [-0.25, -0.2) is 0 Å². The molecule has 0 atom stereocenters. The highest BCUT2D eigenvalue weighted by Crippen LogP contribution is 2.21. The van der Waals surface area contributed by atoms with Crippen molar-refractivity contribution < 1.29 is 9.72 Å². The summed E-state index contributed by atoms with van der Waals surface area (Å²) >= 11 is 3.15. The van der Waals surface area contributed by atoms with E-state index in [0.717, 1.165) is 0 Å². The number of benzene rings is 1. The Morgan fingerprint density at radius 2 is 2.07 bits per heavy atom. The average Bonchev–Trinajstić information content (AvgIpc) is 2.14. The molecule has 4 nitrogen and oxygen atoms in total. The van der Waals surface area contributed by atoms with Crippen LogP contribution in [0.4, 0.5) is 5.69 Å². The number of halogens is 1. The van der Waals surface area contributed by atoms with Crippen LogP contribution < -0.4 is 0 Å². The van der Waals surface area contributed by atoms with Crippen molar-refractivity contribution in [3.8, 4) is 0 Å². The van der Waals surface area contributed by atoms with Crippen LogP contribution >= 0.6 is 15.9 Å². The van der Waals surface area contributed by atoms with Crippen LogP contribution in [0.1, 0.15) is 5.56 Å². The molecule has 1 aromatic rings. The van der Waals surface area contributed by atoms with Crippen LogP contribution in [0.5, 0.6) is 0 Å². The lowest BCUT2D eigenvalue weighted by Gasteiger charge is -1.96. The maximum absolute atomic E-state index is 10.5. The van der Waals surface area contributed by atoms with E-state index < -0.39 is 4.92 Å². The molecule has 0 aliphatic rings. The van der Waals surface area contributed by atoms with E-state index in [1.54, 1.807) is 6.07 Å². The zero-order valence-corrected chi connectivity index (χ0v) is 8.60. The first-order valence-corrected chi connectivity index (χ1v) is 4.49. The number of carbonyl (C=O) groups excluding carboxylic acids is 1. The van der Waals surface area contributed by atoms with Crippen LogP contribution in [-0.2, 0) is 4.79 Å². The number of hydrogen-bond donors (Lipinski definition) is 0. The maximum Gasteiger partial charge on any atom is 0.271 e. The molecule has 0 heterocycles. The normalized spacial score (nSPS) is 10.4. The maximum atomic E-state index is 10.5. The van der Waals surface area contributed by atoms with Gasteiger partial charge < -0.3 is 0 Å². The van der Waals surface area contributed by atoms with Crippen molar-refractivity contribution in [2.45, 2.75) is 0 Å². The van der Waals surface area contributed by atoms with Gasteiger partial charge in [-0.2, -0.15) is 0 Å². The second kappa shape index (κ2) is 4.66. The van der Waals surface area contributed by atoms with Gasteiger partial charge in [0.25, 0.3) is 5.69 Å². The lowest BCUT2D eigenvalue weighted by atomic mass is 10.2. The van der Waals surface area contributed by atoms with Crippen molar-refractivity contribution in [3.05, 3.63) is 44.4 Å². The molecule has 0 unspecified atom stereocenters. The second-order valence-electron chi connectivity index (χ2n) is 2.50. The summed E-state index contributed by atoms with van der Waals surface area (Å²) in [5.41, 5.74) is 0.600. The number of carbonyl (C=O) groups is 1. The van der Waals surface area contributed by atoms with Gasteiger partial charge in [-0.3, -0.25) is 14.9 Å². The Bertz CT molecular complexity index is 401. The summed E-state index contributed by atoms with van der Waals surface area (Å²) in [5, 5.41) is 10.5. The number of nitrogens with zero attached hydrogens (tertiary/aromatic N) is 1. The SMILES string of the molecule is O=C/C=C/c1cc(Br)cc([N+](=O)[O-])c1. The van der Waals surface area contributed by atoms with Crippen LogP contribution in [0.25, 0.3) is 6.08 Å². The smallest absolute Gasteiger partial charge is 0.271 e. The fourth-order valence-electron chi connectivity index (χ4n) is 0.948. The van der Waals surface area contributed by atoms with Gasteiger partial charge >= 0.3 is 0 Å².